The molecule has 12 heteroatoms. The van der Waals surface area contributed by atoms with Crippen molar-refractivity contribution in [3.05, 3.63) is 66.9 Å². The Morgan fingerprint density at radius 1 is 1.25 bits per heavy atom. The maximum absolute atomic E-state index is 13.0. The van der Waals surface area contributed by atoms with E-state index < -0.39 is 29.0 Å². The molecule has 7 nitrogen and oxygen atoms in total. The number of carbonyl (C=O) groups excluding carboxylic acids is 1. The van der Waals surface area contributed by atoms with E-state index in [-0.39, 0.29) is 21.8 Å². The van der Waals surface area contributed by atoms with E-state index in [0.29, 0.717) is 15.2 Å². The molecule has 0 saturated carbocycles. The van der Waals surface area contributed by atoms with E-state index in [0.717, 1.165) is 12.6 Å². The standard InChI is InChI=1S/C16H12Cl2F3N3O4/c1-23-12(16(19,20)21)6-13(25)24(15(23)27)8-3-4-11(18)9(5-8)10(7-17)14(26)22-28-2/h3-7H,1-2H3,(H,22,26)/b10-7-. The molecule has 0 atom stereocenters. The molecule has 2 aromatic rings. The smallest absolute Gasteiger partial charge is 0.292 e. The van der Waals surface area contributed by atoms with Gasteiger partial charge in [-0.25, -0.2) is 14.8 Å². The van der Waals surface area contributed by atoms with E-state index >= 15 is 0 Å². The van der Waals surface area contributed by atoms with Gasteiger partial charge in [0.15, 0.2) is 0 Å². The molecule has 0 saturated heterocycles. The lowest BCUT2D eigenvalue weighted by Gasteiger charge is -2.15. The molecule has 1 aromatic carbocycles. The van der Waals surface area contributed by atoms with E-state index in [1.807, 2.05) is 5.48 Å². The summed E-state index contributed by atoms with van der Waals surface area (Å²) in [5.74, 6) is -0.774. The number of hydrogen-bond acceptors (Lipinski definition) is 4. The summed E-state index contributed by atoms with van der Waals surface area (Å²) in [6.07, 6.45) is -4.88. The maximum atomic E-state index is 13.0. The quantitative estimate of drug-likeness (QED) is 0.588. The van der Waals surface area contributed by atoms with E-state index in [4.69, 9.17) is 23.2 Å². The number of aromatic nitrogens is 2. The summed E-state index contributed by atoms with van der Waals surface area (Å²) in [7, 11) is 2.07. The average molecular weight is 438 g/mol. The van der Waals surface area contributed by atoms with Crippen LogP contribution in [0.25, 0.3) is 11.3 Å². The molecule has 0 fully saturated rings. The molecule has 150 valence electrons. The first-order chi connectivity index (χ1) is 13.0. The van der Waals surface area contributed by atoms with Crippen molar-refractivity contribution in [2.45, 2.75) is 6.18 Å². The summed E-state index contributed by atoms with van der Waals surface area (Å²) in [5, 5.41) is 0.0405. The third-order valence-electron chi connectivity index (χ3n) is 3.66. The van der Waals surface area contributed by atoms with Gasteiger partial charge in [0.1, 0.15) is 5.69 Å². The third-order valence-corrected chi connectivity index (χ3v) is 4.21. The molecule has 1 N–H and O–H groups in total. The van der Waals surface area contributed by atoms with E-state index in [9.17, 15) is 27.6 Å². The predicted octanol–water partition coefficient (Wildman–Crippen LogP) is 2.47. The first-order valence-corrected chi connectivity index (χ1v) is 8.18. The summed E-state index contributed by atoms with van der Waals surface area (Å²) < 4.78 is 39.7. The van der Waals surface area contributed by atoms with Crippen molar-refractivity contribution in [3.8, 4) is 5.69 Å². The Balaban J connectivity index is 2.72. The maximum Gasteiger partial charge on any atom is 0.431 e. The van der Waals surface area contributed by atoms with Crippen LogP contribution in [-0.4, -0.2) is 22.2 Å². The minimum Gasteiger partial charge on any atom is -0.292 e. The number of halogens is 5. The predicted molar refractivity (Wildman–Crippen MR) is 96.3 cm³/mol. The topological polar surface area (TPSA) is 82.3 Å². The van der Waals surface area contributed by atoms with Gasteiger partial charge < -0.3 is 0 Å². The van der Waals surface area contributed by atoms with Crippen molar-refractivity contribution in [1.29, 1.82) is 0 Å². The molecule has 1 amide bonds. The zero-order valence-corrected chi connectivity index (χ0v) is 15.8. The Bertz CT molecular complexity index is 1070. The molecule has 2 rings (SSSR count). The van der Waals surface area contributed by atoms with Crippen molar-refractivity contribution in [2.75, 3.05) is 7.11 Å². The Morgan fingerprint density at radius 2 is 1.89 bits per heavy atom. The second-order valence-electron chi connectivity index (χ2n) is 5.36. The molecule has 0 aliphatic carbocycles. The van der Waals surface area contributed by atoms with Crippen molar-refractivity contribution in [3.63, 3.8) is 0 Å². The van der Waals surface area contributed by atoms with Crippen LogP contribution in [0.4, 0.5) is 13.2 Å². The van der Waals surface area contributed by atoms with Gasteiger partial charge >= 0.3 is 11.9 Å². The molecule has 0 aliphatic heterocycles. The van der Waals surface area contributed by atoms with Crippen LogP contribution in [-0.2, 0) is 22.9 Å². The van der Waals surface area contributed by atoms with Gasteiger partial charge in [-0.3, -0.25) is 19.0 Å². The van der Waals surface area contributed by atoms with Crippen LogP contribution in [0.5, 0.6) is 0 Å². The van der Waals surface area contributed by atoms with Gasteiger partial charge in [-0.15, -0.1) is 0 Å². The summed E-state index contributed by atoms with van der Waals surface area (Å²) in [6, 6.07) is 3.96. The Labute approximate surface area is 165 Å². The molecule has 0 aliphatic rings. The van der Waals surface area contributed by atoms with Crippen molar-refractivity contribution >= 4 is 34.7 Å². The van der Waals surface area contributed by atoms with Crippen LogP contribution >= 0.6 is 23.2 Å². The number of amides is 1. The first kappa shape index (κ1) is 21.7. The van der Waals surface area contributed by atoms with Crippen LogP contribution in [0.1, 0.15) is 11.3 Å². The largest absolute Gasteiger partial charge is 0.431 e. The molecule has 0 unspecified atom stereocenters. The van der Waals surface area contributed by atoms with Gasteiger partial charge in [0.05, 0.1) is 18.4 Å². The molecule has 1 heterocycles. The van der Waals surface area contributed by atoms with Crippen molar-refractivity contribution in [2.24, 2.45) is 7.05 Å². The Morgan fingerprint density at radius 3 is 2.43 bits per heavy atom. The number of carbonyl (C=O) groups is 1. The first-order valence-electron chi connectivity index (χ1n) is 7.37. The fourth-order valence-corrected chi connectivity index (χ4v) is 2.81. The molecule has 0 radical (unpaired) electrons. The second kappa shape index (κ2) is 8.21. The highest BCUT2D eigenvalue weighted by atomic mass is 35.5. The van der Waals surface area contributed by atoms with Crippen molar-refractivity contribution < 1.29 is 22.8 Å². The van der Waals surface area contributed by atoms with Gasteiger partial charge in [-0.1, -0.05) is 23.2 Å². The van der Waals surface area contributed by atoms with Gasteiger partial charge in [0.2, 0.25) is 0 Å². The van der Waals surface area contributed by atoms with Crippen LogP contribution in [0.3, 0.4) is 0 Å². The molecule has 1 aromatic heterocycles. The highest BCUT2D eigenvalue weighted by Gasteiger charge is 2.35. The molecular weight excluding hydrogens is 426 g/mol. The number of nitrogens with zero attached hydrogens (tertiary/aromatic N) is 2. The lowest BCUT2D eigenvalue weighted by molar-refractivity contribution is -0.144. The van der Waals surface area contributed by atoms with Gasteiger partial charge in [-0.05, 0) is 18.2 Å². The molecular formula is C16H12Cl2F3N3O4. The molecule has 0 bridgehead atoms. The van der Waals surface area contributed by atoms with Crippen LogP contribution in [0, 0.1) is 0 Å². The zero-order valence-electron chi connectivity index (χ0n) is 14.3. The third kappa shape index (κ3) is 4.13. The van der Waals surface area contributed by atoms with Gasteiger partial charge in [0, 0.05) is 29.2 Å². The summed E-state index contributed by atoms with van der Waals surface area (Å²) >= 11 is 11.7. The monoisotopic (exact) mass is 437 g/mol. The Kier molecular flexibility index (Phi) is 6.37. The SMILES string of the molecule is CONC(=O)/C(=C\Cl)c1cc(-n2c(=O)cc(C(F)(F)F)n(C)c2=O)ccc1Cl. The highest BCUT2D eigenvalue weighted by Crippen LogP contribution is 2.28. The summed E-state index contributed by atoms with van der Waals surface area (Å²) in [6.45, 7) is 0. The lowest BCUT2D eigenvalue weighted by atomic mass is 10.1. The van der Waals surface area contributed by atoms with E-state index in [2.05, 4.69) is 4.84 Å². The van der Waals surface area contributed by atoms with Crippen LogP contribution < -0.4 is 16.7 Å². The minimum atomic E-state index is -4.88. The summed E-state index contributed by atoms with van der Waals surface area (Å²) in [5.41, 5.74) is -1.15. The zero-order chi connectivity index (χ0) is 21.2. The highest BCUT2D eigenvalue weighted by molar-refractivity contribution is 6.39. The average Bonchev–Trinajstić information content (AvgIpc) is 2.60. The van der Waals surface area contributed by atoms with Crippen molar-refractivity contribution in [1.82, 2.24) is 14.6 Å². The van der Waals surface area contributed by atoms with Gasteiger partial charge in [0.25, 0.3) is 11.5 Å². The number of alkyl halides is 3. The minimum absolute atomic E-state index is 0.0255. The fourth-order valence-electron chi connectivity index (χ4n) is 2.37. The lowest BCUT2D eigenvalue weighted by Crippen LogP contribution is -2.40. The van der Waals surface area contributed by atoms with E-state index in [1.54, 1.807) is 0 Å². The summed E-state index contributed by atoms with van der Waals surface area (Å²) in [4.78, 5) is 41.1. The Hall–Kier alpha value is -2.56. The van der Waals surface area contributed by atoms with Crippen LogP contribution in [0.15, 0.2) is 39.4 Å². The van der Waals surface area contributed by atoms with E-state index in [1.165, 1.54) is 25.3 Å². The number of benzene rings is 1. The number of hydrogen-bond donors (Lipinski definition) is 1. The number of hydroxylamine groups is 1. The number of nitrogens with one attached hydrogen (secondary N) is 1. The number of rotatable bonds is 4. The normalized spacial score (nSPS) is 12.2. The molecule has 28 heavy (non-hydrogen) atoms. The second-order valence-corrected chi connectivity index (χ2v) is 5.99. The fraction of sp³-hybridized carbons (Fsp3) is 0.188. The van der Waals surface area contributed by atoms with Crippen LogP contribution in [0.2, 0.25) is 5.02 Å². The van der Waals surface area contributed by atoms with Gasteiger partial charge in [-0.2, -0.15) is 13.2 Å². The molecule has 0 spiro atoms.